The van der Waals surface area contributed by atoms with E-state index in [-0.39, 0.29) is 30.3 Å². The van der Waals surface area contributed by atoms with Crippen molar-refractivity contribution in [2.45, 2.75) is 49.6 Å². The first-order chi connectivity index (χ1) is 15.8. The molecule has 0 bridgehead atoms. The van der Waals surface area contributed by atoms with Gasteiger partial charge in [-0.2, -0.15) is 4.31 Å². The monoisotopic (exact) mass is 472 g/mol. The molecule has 2 atom stereocenters. The lowest BCUT2D eigenvalue weighted by Crippen LogP contribution is -2.63. The van der Waals surface area contributed by atoms with Crippen LogP contribution >= 0.6 is 0 Å². The van der Waals surface area contributed by atoms with Gasteiger partial charge in [-0.1, -0.05) is 50.1 Å². The number of primary amides is 1. The van der Waals surface area contributed by atoms with E-state index >= 15 is 0 Å². The van der Waals surface area contributed by atoms with Gasteiger partial charge in [0.1, 0.15) is 12.1 Å². The first-order valence-electron chi connectivity index (χ1n) is 11.2. The SMILES string of the molecule is CCCC[C@@H](C(N)=O)N1CCN(S(=O)(=O)c2ccc(NC)cc2)[C@H](Cc2ccccc2)C1=O. The number of amides is 2. The molecule has 9 heteroatoms. The fourth-order valence-corrected chi connectivity index (χ4v) is 5.76. The van der Waals surface area contributed by atoms with Gasteiger partial charge in [0, 0.05) is 25.8 Å². The van der Waals surface area contributed by atoms with Crippen molar-refractivity contribution in [2.75, 3.05) is 25.5 Å². The van der Waals surface area contributed by atoms with Crippen LogP contribution in [0, 0.1) is 0 Å². The Hall–Kier alpha value is -2.91. The number of carbonyl (C=O) groups excluding carboxylic acids is 2. The molecule has 0 aliphatic carbocycles. The number of piperazine rings is 1. The molecule has 178 valence electrons. The van der Waals surface area contributed by atoms with Gasteiger partial charge in [0.25, 0.3) is 0 Å². The van der Waals surface area contributed by atoms with Gasteiger partial charge in [-0.15, -0.1) is 0 Å². The quantitative estimate of drug-likeness (QED) is 0.551. The molecule has 3 N–H and O–H groups in total. The molecular weight excluding hydrogens is 440 g/mol. The molecule has 2 aromatic rings. The molecule has 0 aromatic heterocycles. The summed E-state index contributed by atoms with van der Waals surface area (Å²) in [5, 5.41) is 2.97. The van der Waals surface area contributed by atoms with Crippen LogP contribution in [0.25, 0.3) is 0 Å². The molecule has 3 rings (SSSR count). The third kappa shape index (κ3) is 5.54. The van der Waals surface area contributed by atoms with Gasteiger partial charge in [0.15, 0.2) is 0 Å². The van der Waals surface area contributed by atoms with E-state index in [9.17, 15) is 18.0 Å². The summed E-state index contributed by atoms with van der Waals surface area (Å²) in [4.78, 5) is 27.4. The van der Waals surface area contributed by atoms with Crippen LogP contribution in [-0.2, 0) is 26.0 Å². The largest absolute Gasteiger partial charge is 0.388 e. The Morgan fingerprint density at radius 1 is 1.12 bits per heavy atom. The van der Waals surface area contributed by atoms with Crippen LogP contribution < -0.4 is 11.1 Å². The summed E-state index contributed by atoms with van der Waals surface area (Å²) in [5.41, 5.74) is 7.27. The normalized spacial score (nSPS) is 18.2. The second kappa shape index (κ2) is 10.8. The van der Waals surface area contributed by atoms with E-state index in [0.717, 1.165) is 24.1 Å². The Labute approximate surface area is 195 Å². The Morgan fingerprint density at radius 2 is 1.79 bits per heavy atom. The molecule has 0 saturated carbocycles. The molecule has 2 aromatic carbocycles. The zero-order chi connectivity index (χ0) is 24.0. The van der Waals surface area contributed by atoms with Crippen LogP contribution in [0.3, 0.4) is 0 Å². The molecule has 1 saturated heterocycles. The number of nitrogens with zero attached hydrogens (tertiary/aromatic N) is 2. The van der Waals surface area contributed by atoms with E-state index in [4.69, 9.17) is 5.73 Å². The number of carbonyl (C=O) groups is 2. The molecule has 1 aliphatic heterocycles. The van der Waals surface area contributed by atoms with Crippen molar-refractivity contribution in [2.24, 2.45) is 5.73 Å². The summed E-state index contributed by atoms with van der Waals surface area (Å²) in [5.74, 6) is -0.949. The summed E-state index contributed by atoms with van der Waals surface area (Å²) in [6.07, 6.45) is 2.29. The Morgan fingerprint density at radius 3 is 2.36 bits per heavy atom. The number of benzene rings is 2. The van der Waals surface area contributed by atoms with Crippen LogP contribution in [0.4, 0.5) is 5.69 Å². The lowest BCUT2D eigenvalue weighted by atomic mass is 10.00. The van der Waals surface area contributed by atoms with Crippen molar-refractivity contribution in [3.63, 3.8) is 0 Å². The van der Waals surface area contributed by atoms with Crippen molar-refractivity contribution in [1.82, 2.24) is 9.21 Å². The summed E-state index contributed by atoms with van der Waals surface area (Å²) in [7, 11) is -2.18. The van der Waals surface area contributed by atoms with Gasteiger partial charge in [-0.3, -0.25) is 9.59 Å². The molecule has 1 heterocycles. The van der Waals surface area contributed by atoms with Crippen molar-refractivity contribution >= 4 is 27.5 Å². The molecule has 1 fully saturated rings. The smallest absolute Gasteiger partial charge is 0.243 e. The maximum Gasteiger partial charge on any atom is 0.243 e. The van der Waals surface area contributed by atoms with Gasteiger partial charge < -0.3 is 16.0 Å². The fraction of sp³-hybridized carbons (Fsp3) is 0.417. The zero-order valence-electron chi connectivity index (χ0n) is 19.1. The van der Waals surface area contributed by atoms with E-state index in [1.165, 1.54) is 21.3 Å². The van der Waals surface area contributed by atoms with Crippen LogP contribution in [0.1, 0.15) is 31.7 Å². The maximum atomic E-state index is 13.6. The minimum atomic E-state index is -3.93. The number of hydrogen-bond donors (Lipinski definition) is 2. The van der Waals surface area contributed by atoms with Crippen LogP contribution in [0.5, 0.6) is 0 Å². The number of hydrogen-bond acceptors (Lipinski definition) is 5. The minimum absolute atomic E-state index is 0.0925. The van der Waals surface area contributed by atoms with Gasteiger partial charge >= 0.3 is 0 Å². The maximum absolute atomic E-state index is 13.6. The van der Waals surface area contributed by atoms with Gasteiger partial charge in [-0.25, -0.2) is 8.42 Å². The van der Waals surface area contributed by atoms with Crippen molar-refractivity contribution < 1.29 is 18.0 Å². The highest BCUT2D eigenvalue weighted by Gasteiger charge is 2.44. The highest BCUT2D eigenvalue weighted by atomic mass is 32.2. The molecule has 8 nitrogen and oxygen atoms in total. The van der Waals surface area contributed by atoms with Gasteiger partial charge in [-0.05, 0) is 42.7 Å². The summed E-state index contributed by atoms with van der Waals surface area (Å²) in [6.45, 7) is 2.21. The fourth-order valence-electron chi connectivity index (χ4n) is 4.19. The van der Waals surface area contributed by atoms with E-state index < -0.39 is 28.0 Å². The van der Waals surface area contributed by atoms with Crippen LogP contribution in [0.2, 0.25) is 0 Å². The van der Waals surface area contributed by atoms with Crippen LogP contribution in [0.15, 0.2) is 59.5 Å². The number of sulfonamides is 1. The third-order valence-electron chi connectivity index (χ3n) is 6.03. The predicted octanol–water partition coefficient (Wildman–Crippen LogP) is 2.22. The average molecular weight is 473 g/mol. The highest BCUT2D eigenvalue weighted by Crippen LogP contribution is 2.27. The van der Waals surface area contributed by atoms with E-state index in [2.05, 4.69) is 5.32 Å². The molecule has 0 spiro atoms. The second-order valence-electron chi connectivity index (χ2n) is 8.19. The molecule has 0 radical (unpaired) electrons. The minimum Gasteiger partial charge on any atom is -0.388 e. The van der Waals surface area contributed by atoms with Gasteiger partial charge in [0.05, 0.1) is 4.90 Å². The summed E-state index contributed by atoms with van der Waals surface area (Å²) >= 11 is 0. The number of unbranched alkanes of at least 4 members (excludes halogenated alkanes) is 1. The topological polar surface area (TPSA) is 113 Å². The van der Waals surface area contributed by atoms with E-state index in [0.29, 0.717) is 6.42 Å². The Bertz CT molecular complexity index is 1060. The Balaban J connectivity index is 1.97. The third-order valence-corrected chi connectivity index (χ3v) is 7.96. The van der Waals surface area contributed by atoms with Crippen molar-refractivity contribution in [1.29, 1.82) is 0 Å². The second-order valence-corrected chi connectivity index (χ2v) is 10.1. The van der Waals surface area contributed by atoms with Crippen LogP contribution in [-0.4, -0.2) is 61.7 Å². The van der Waals surface area contributed by atoms with E-state index in [1.54, 1.807) is 19.2 Å². The standard InChI is InChI=1S/C24H32N4O4S/c1-3-4-10-21(23(25)29)27-15-16-28(22(24(27)30)17-18-8-6-5-7-9-18)33(31,32)20-13-11-19(26-2)12-14-20/h5-9,11-14,21-22,26H,3-4,10,15-17H2,1-2H3,(H2,25,29)/t21-,22+/m0/s1. The number of anilines is 1. The molecule has 0 unspecified atom stereocenters. The Kier molecular flexibility index (Phi) is 8.10. The lowest BCUT2D eigenvalue weighted by Gasteiger charge is -2.42. The lowest BCUT2D eigenvalue weighted by molar-refractivity contribution is -0.146. The first kappa shape index (κ1) is 24.7. The molecule has 33 heavy (non-hydrogen) atoms. The molecule has 1 aliphatic rings. The summed E-state index contributed by atoms with van der Waals surface area (Å²) < 4.78 is 28.4. The van der Waals surface area contributed by atoms with Crippen molar-refractivity contribution in [3.05, 3.63) is 60.2 Å². The summed E-state index contributed by atoms with van der Waals surface area (Å²) in [6, 6.07) is 14.0. The average Bonchev–Trinajstić information content (AvgIpc) is 2.81. The van der Waals surface area contributed by atoms with E-state index in [1.807, 2.05) is 37.3 Å². The highest BCUT2D eigenvalue weighted by molar-refractivity contribution is 7.89. The number of rotatable bonds is 10. The zero-order valence-corrected chi connectivity index (χ0v) is 19.9. The molecule has 2 amide bonds. The first-order valence-corrected chi connectivity index (χ1v) is 12.7. The number of nitrogens with two attached hydrogens (primary N) is 1. The van der Waals surface area contributed by atoms with Crippen molar-refractivity contribution in [3.8, 4) is 0 Å². The predicted molar refractivity (Wildman–Crippen MR) is 128 cm³/mol. The number of nitrogens with one attached hydrogen (secondary N) is 1. The molecular formula is C24H32N4O4S. The van der Waals surface area contributed by atoms with Gasteiger partial charge in [0.2, 0.25) is 21.8 Å².